The number of nitrogens with zero attached hydrogens (tertiary/aromatic N) is 2. The Hall–Kier alpha value is -6.45. The summed E-state index contributed by atoms with van der Waals surface area (Å²) in [4.78, 5) is 51.0. The van der Waals surface area contributed by atoms with E-state index in [1.54, 1.807) is 27.5 Å². The van der Waals surface area contributed by atoms with Crippen molar-refractivity contribution in [2.75, 3.05) is 23.8 Å². The van der Waals surface area contributed by atoms with Crippen LogP contribution in [-0.4, -0.2) is 90.9 Å². The molecule has 90 heavy (non-hydrogen) atoms. The van der Waals surface area contributed by atoms with Crippen molar-refractivity contribution in [3.8, 4) is 11.3 Å². The first kappa shape index (κ1) is 69.4. The minimum atomic E-state index is -1.53. The van der Waals surface area contributed by atoms with Crippen LogP contribution in [0.1, 0.15) is 106 Å². The van der Waals surface area contributed by atoms with E-state index in [2.05, 4.69) is 56.0 Å². The van der Waals surface area contributed by atoms with Gasteiger partial charge in [0, 0.05) is 116 Å². The fourth-order valence-electron chi connectivity index (χ4n) is 11.4. The maximum atomic E-state index is 13.6. The number of hydrogen-bond acceptors (Lipinski definition) is 14. The summed E-state index contributed by atoms with van der Waals surface area (Å²) in [6.45, 7) is 27.0. The standard InChI is InChI=1S/C35H46N2O5Si.C27H41ClN2O4Si.C8H7BO3/c1-35(2,3)42-33(38)19-24-11-13-26(14-12-24)36-27-15-16-28-29(21-27)30(32-20-25-9-7-8-10-31(25)41-32)22-37(34(28)39)23-40-17-18-43(4,5)6;1-27(2,3)34-25(31)15-19-7-9-20(10-8-19)29-21-11-12-22-23(16-21)24(28)17-30(26(22)32)18-33-13-14-35(4,5)6;10-9(11)8-5-6-3-1-2-4-7(6)12-8/h7-10,15-16,20-22,24,26,36H,11-14,17-19,23H2,1-6H3;11-12,16-17,19-20,29H,7-10,13-15,18H2,1-6H3;1-5,10-11H. The number of anilines is 2. The third kappa shape index (κ3) is 20.8. The van der Waals surface area contributed by atoms with Crippen LogP contribution >= 0.6 is 11.6 Å². The zero-order valence-electron chi connectivity index (χ0n) is 54.8. The smallest absolute Gasteiger partial charge is 0.465 e. The molecule has 4 aromatic heterocycles. The summed E-state index contributed by atoms with van der Waals surface area (Å²) in [6.07, 6.45) is 12.4. The van der Waals surface area contributed by atoms with E-state index < -0.39 is 34.5 Å². The largest absolute Gasteiger partial charge is 0.526 e. The van der Waals surface area contributed by atoms with Gasteiger partial charge < -0.3 is 48.5 Å². The summed E-state index contributed by atoms with van der Waals surface area (Å²) < 4.78 is 37.4. The number of hydrogen-bond donors (Lipinski definition) is 4. The first-order valence-corrected chi connectivity index (χ1v) is 39.7. The van der Waals surface area contributed by atoms with Gasteiger partial charge in [-0.2, -0.15) is 0 Å². The number of esters is 2. The lowest BCUT2D eigenvalue weighted by Crippen LogP contribution is -2.29. The zero-order chi connectivity index (χ0) is 65.1. The summed E-state index contributed by atoms with van der Waals surface area (Å²) in [5.74, 6) is 1.24. The monoisotopic (exact) mass is 1280 g/mol. The molecule has 4 aromatic carbocycles. The van der Waals surface area contributed by atoms with Gasteiger partial charge in [0.1, 0.15) is 47.2 Å². The van der Waals surface area contributed by atoms with Gasteiger partial charge in [0.05, 0.1) is 5.02 Å². The average Bonchev–Trinajstić information content (AvgIpc) is 1.16. The molecule has 0 bridgehead atoms. The Kier molecular flexibility index (Phi) is 23.4. The average molecular weight is 1290 g/mol. The Morgan fingerprint density at radius 1 is 0.578 bits per heavy atom. The summed E-state index contributed by atoms with van der Waals surface area (Å²) in [7, 11) is -3.94. The number of carbonyl (C=O) groups is 2. The van der Waals surface area contributed by atoms with Crippen molar-refractivity contribution in [2.45, 2.75) is 194 Å². The zero-order valence-corrected chi connectivity index (χ0v) is 57.6. The van der Waals surface area contributed by atoms with Crippen LogP contribution in [0.2, 0.25) is 56.4 Å². The predicted octanol–water partition coefficient (Wildman–Crippen LogP) is 15.2. The molecule has 4 N–H and O–H groups in total. The molecular weight excluding hydrogens is 1190 g/mol. The second kappa shape index (κ2) is 30.3. The maximum Gasteiger partial charge on any atom is 0.526 e. The highest BCUT2D eigenvalue weighted by Gasteiger charge is 2.28. The highest BCUT2D eigenvalue weighted by atomic mass is 35.5. The Balaban J connectivity index is 0.000000198. The Labute approximate surface area is 537 Å². The molecule has 0 aliphatic heterocycles. The fraction of sp³-hybridized carbons (Fsp3) is 0.486. The minimum absolute atomic E-state index is 0.0722. The van der Waals surface area contributed by atoms with Crippen LogP contribution in [0.3, 0.4) is 0 Å². The van der Waals surface area contributed by atoms with Gasteiger partial charge in [-0.05, 0) is 177 Å². The van der Waals surface area contributed by atoms with Crippen LogP contribution in [0, 0.1) is 11.8 Å². The molecule has 0 atom stereocenters. The van der Waals surface area contributed by atoms with E-state index in [0.717, 1.165) is 113 Å². The van der Waals surface area contributed by atoms with Crippen molar-refractivity contribution in [1.29, 1.82) is 0 Å². The number of nitrogens with one attached hydrogen (secondary N) is 2. The van der Waals surface area contributed by atoms with Gasteiger partial charge in [0.2, 0.25) is 0 Å². The Morgan fingerprint density at radius 3 is 1.46 bits per heavy atom. The summed E-state index contributed by atoms with van der Waals surface area (Å²) in [5.41, 5.74) is 3.41. The molecule has 0 spiro atoms. The van der Waals surface area contributed by atoms with Gasteiger partial charge in [0.25, 0.3) is 11.1 Å². The van der Waals surface area contributed by atoms with Crippen LogP contribution in [-0.2, 0) is 42.0 Å². The lowest BCUT2D eigenvalue weighted by atomic mass is 9.84. The van der Waals surface area contributed by atoms with E-state index in [1.165, 1.54) is 0 Å². The number of benzene rings is 4. The van der Waals surface area contributed by atoms with Gasteiger partial charge in [-0.3, -0.25) is 28.3 Å². The van der Waals surface area contributed by atoms with Gasteiger partial charge in [-0.15, -0.1) is 0 Å². The topological polar surface area (TPSA) is 206 Å². The maximum absolute atomic E-state index is 13.6. The normalized spacial score (nSPS) is 17.3. The van der Waals surface area contributed by atoms with Crippen LogP contribution in [0.15, 0.2) is 128 Å². The van der Waals surface area contributed by atoms with Crippen molar-refractivity contribution in [1.82, 2.24) is 9.13 Å². The van der Waals surface area contributed by atoms with Gasteiger partial charge in [0.15, 0.2) is 0 Å². The van der Waals surface area contributed by atoms with E-state index in [4.69, 9.17) is 49.4 Å². The number of aromatic nitrogens is 2. The van der Waals surface area contributed by atoms with Crippen molar-refractivity contribution in [3.05, 3.63) is 135 Å². The molecule has 2 fully saturated rings. The molecule has 8 aromatic rings. The van der Waals surface area contributed by atoms with E-state index in [0.29, 0.717) is 71.4 Å². The highest BCUT2D eigenvalue weighted by Crippen LogP contribution is 2.36. The molecule has 16 nitrogen and oxygen atoms in total. The summed E-state index contributed by atoms with van der Waals surface area (Å²) >= 11 is 6.57. The molecule has 2 saturated carbocycles. The van der Waals surface area contributed by atoms with E-state index in [1.807, 2.05) is 127 Å². The van der Waals surface area contributed by atoms with Gasteiger partial charge in [-0.1, -0.05) is 87.3 Å². The van der Waals surface area contributed by atoms with Crippen LogP contribution < -0.4 is 27.4 Å². The molecule has 10 rings (SSSR count). The molecule has 20 heteroatoms. The van der Waals surface area contributed by atoms with Gasteiger partial charge >= 0.3 is 19.1 Å². The molecule has 0 radical (unpaired) electrons. The molecule has 4 heterocycles. The third-order valence-corrected chi connectivity index (χ3v) is 19.9. The molecule has 0 saturated heterocycles. The molecule has 0 unspecified atom stereocenters. The lowest BCUT2D eigenvalue weighted by Gasteiger charge is -2.30. The van der Waals surface area contributed by atoms with Crippen molar-refractivity contribution in [2.24, 2.45) is 11.8 Å². The SMILES string of the molecule is CC(C)(C)OC(=O)CC1CCC(Nc2ccc3c(=O)n(COCC[Si](C)(C)C)cc(-c4cc5ccccc5o4)c3c2)CC1.CC(C)(C)OC(=O)CC1CCC(Nc2ccc3c(=O)n(COCC[Si](C)(C)C)cc(Cl)c3c2)CC1.OB(O)c1cc2ccccc2o1. The number of pyridine rings is 2. The summed E-state index contributed by atoms with van der Waals surface area (Å²) in [5, 5.41) is 30.1. The van der Waals surface area contributed by atoms with Crippen molar-refractivity contribution >= 4 is 107 Å². The van der Waals surface area contributed by atoms with Gasteiger partial charge in [-0.25, -0.2) is 0 Å². The number of para-hydroxylation sites is 2. The van der Waals surface area contributed by atoms with E-state index >= 15 is 0 Å². The van der Waals surface area contributed by atoms with Crippen molar-refractivity contribution in [3.63, 3.8) is 0 Å². The number of rotatable bonds is 20. The summed E-state index contributed by atoms with van der Waals surface area (Å²) in [6, 6.07) is 33.4. The van der Waals surface area contributed by atoms with E-state index in [9.17, 15) is 19.2 Å². The lowest BCUT2D eigenvalue weighted by molar-refractivity contribution is -0.157. The van der Waals surface area contributed by atoms with Crippen LogP contribution in [0.5, 0.6) is 0 Å². The fourth-order valence-corrected chi connectivity index (χ4v) is 13.2. The number of halogens is 1. The number of carbonyl (C=O) groups excluding carboxylic acids is 2. The third-order valence-electron chi connectivity index (χ3n) is 16.2. The quantitative estimate of drug-likeness (QED) is 0.0318. The number of furan rings is 2. The molecule has 2 aliphatic carbocycles. The van der Waals surface area contributed by atoms with Crippen LogP contribution in [0.25, 0.3) is 54.8 Å². The molecule has 484 valence electrons. The van der Waals surface area contributed by atoms with E-state index in [-0.39, 0.29) is 42.2 Å². The first-order chi connectivity index (χ1) is 42.4. The molecule has 2 aliphatic rings. The molecule has 0 amide bonds. The van der Waals surface area contributed by atoms with Crippen LogP contribution in [0.4, 0.5) is 11.4 Å². The Bertz CT molecular complexity index is 3770. The number of fused-ring (bicyclic) bond motifs is 4. The second-order valence-electron chi connectivity index (χ2n) is 28.8. The Morgan fingerprint density at radius 2 is 1.01 bits per heavy atom. The first-order valence-electron chi connectivity index (χ1n) is 31.9. The predicted molar refractivity (Wildman–Crippen MR) is 371 cm³/mol. The molecular formula is C70H94BClN4O12Si2. The van der Waals surface area contributed by atoms with Crippen molar-refractivity contribution < 1.29 is 47.4 Å². The highest BCUT2D eigenvalue weighted by molar-refractivity contribution is 6.76. The number of ether oxygens (including phenoxy) is 4. The second-order valence-corrected chi connectivity index (χ2v) is 40.5. The minimum Gasteiger partial charge on any atom is -0.465 e.